The molecule has 0 aromatic heterocycles. The maximum Gasteiger partial charge on any atom is 0.132 e. The molecular weight excluding hydrogens is 321 g/mol. The molecule has 124 valence electrons. The Labute approximate surface area is 147 Å². The largest absolute Gasteiger partial charge is 0.289 e. The zero-order chi connectivity index (χ0) is 16.5. The lowest BCUT2D eigenvalue weighted by Gasteiger charge is -2.45. The molecule has 0 aliphatic carbocycles. The van der Waals surface area contributed by atoms with Gasteiger partial charge in [-0.1, -0.05) is 60.5 Å². The van der Waals surface area contributed by atoms with Gasteiger partial charge in [-0.3, -0.25) is 4.90 Å². The summed E-state index contributed by atoms with van der Waals surface area (Å²) in [5, 5.41) is 0.524. The van der Waals surface area contributed by atoms with Gasteiger partial charge >= 0.3 is 0 Å². The van der Waals surface area contributed by atoms with E-state index >= 15 is 0 Å². The summed E-state index contributed by atoms with van der Waals surface area (Å²) in [6, 6.07) is 16.4. The number of rotatable bonds is 3. The maximum absolute atomic E-state index is 14.3. The summed E-state index contributed by atoms with van der Waals surface area (Å²) in [7, 11) is 0. The Hall–Kier alpha value is -1.64. The zero-order valence-electron chi connectivity index (χ0n) is 13.6. The molecule has 0 radical (unpaired) electrons. The van der Waals surface area contributed by atoms with E-state index in [9.17, 15) is 4.39 Å². The Morgan fingerprint density at radius 3 is 2.62 bits per heavy atom. The number of halogens is 2. The minimum atomic E-state index is -0.205. The molecule has 2 aromatic carbocycles. The summed E-state index contributed by atoms with van der Waals surface area (Å²) < 4.78 is 14.3. The highest BCUT2D eigenvalue weighted by molar-refractivity contribution is 6.32. The molecule has 2 bridgehead atoms. The Morgan fingerprint density at radius 2 is 1.88 bits per heavy atom. The monoisotopic (exact) mass is 341 g/mol. The summed E-state index contributed by atoms with van der Waals surface area (Å²) in [4.78, 5) is 2.58. The second-order valence-corrected chi connectivity index (χ2v) is 7.21. The molecule has 2 unspecified atom stereocenters. The van der Waals surface area contributed by atoms with Crippen LogP contribution in [0, 0.1) is 5.82 Å². The summed E-state index contributed by atoms with van der Waals surface area (Å²) in [5.74, 6) is -0.205. The third kappa shape index (κ3) is 3.01. The Bertz CT molecular complexity index is 735. The minimum Gasteiger partial charge on any atom is -0.289 e. The van der Waals surface area contributed by atoms with Gasteiger partial charge in [-0.25, -0.2) is 4.39 Å². The molecule has 2 aliphatic rings. The molecular formula is C21H21ClFN. The van der Waals surface area contributed by atoms with E-state index in [0.717, 1.165) is 25.0 Å². The molecule has 1 fully saturated rings. The highest BCUT2D eigenvalue weighted by Gasteiger charge is 2.35. The highest BCUT2D eigenvalue weighted by atomic mass is 35.5. The summed E-state index contributed by atoms with van der Waals surface area (Å²) in [6.45, 7) is 0.963. The van der Waals surface area contributed by atoms with Gasteiger partial charge in [0.25, 0.3) is 0 Å². The quantitative estimate of drug-likeness (QED) is 0.693. The van der Waals surface area contributed by atoms with Gasteiger partial charge < -0.3 is 0 Å². The third-order valence-electron chi connectivity index (χ3n) is 5.27. The predicted molar refractivity (Wildman–Crippen MR) is 97.4 cm³/mol. The molecule has 0 amide bonds. The average Bonchev–Trinajstić information content (AvgIpc) is 2.56. The van der Waals surface area contributed by atoms with Gasteiger partial charge in [-0.05, 0) is 42.5 Å². The standard InChI is InChI=1S/C21H21ClFN/c22-19-10-5-11-20(23)21(19)16-12-17-8-4-9-18(13-16)24(17)14-15-6-2-1-3-7-15/h1-3,5-7,10-12,17-18H,4,8-9,13-14H2. The first-order valence-electron chi connectivity index (χ1n) is 8.67. The third-order valence-corrected chi connectivity index (χ3v) is 5.59. The lowest BCUT2D eigenvalue weighted by Crippen LogP contribution is -2.47. The second kappa shape index (κ2) is 6.70. The molecule has 0 spiro atoms. The fraction of sp³-hybridized carbons (Fsp3) is 0.333. The molecule has 0 saturated carbocycles. The smallest absolute Gasteiger partial charge is 0.132 e. The molecule has 3 heteroatoms. The Morgan fingerprint density at radius 1 is 1.04 bits per heavy atom. The van der Waals surface area contributed by atoms with Gasteiger partial charge in [0.15, 0.2) is 0 Å². The van der Waals surface area contributed by atoms with Crippen molar-refractivity contribution in [1.82, 2.24) is 4.90 Å². The van der Waals surface area contributed by atoms with Crippen LogP contribution in [0.1, 0.15) is 36.8 Å². The fourth-order valence-electron chi connectivity index (χ4n) is 4.15. The van der Waals surface area contributed by atoms with Gasteiger partial charge in [-0.15, -0.1) is 0 Å². The van der Waals surface area contributed by atoms with E-state index < -0.39 is 0 Å². The van der Waals surface area contributed by atoms with Gasteiger partial charge in [0.1, 0.15) is 5.82 Å². The van der Waals surface area contributed by atoms with Crippen LogP contribution in [0.25, 0.3) is 5.57 Å². The second-order valence-electron chi connectivity index (χ2n) is 6.80. The van der Waals surface area contributed by atoms with Gasteiger partial charge in [0.05, 0.1) is 5.02 Å². The number of fused-ring (bicyclic) bond motifs is 2. The molecule has 2 heterocycles. The lowest BCUT2D eigenvalue weighted by atomic mass is 9.82. The molecule has 0 N–H and O–H groups in total. The Balaban J connectivity index is 1.65. The van der Waals surface area contributed by atoms with E-state index in [0.29, 0.717) is 22.7 Å². The highest BCUT2D eigenvalue weighted by Crippen LogP contribution is 2.40. The van der Waals surface area contributed by atoms with Crippen molar-refractivity contribution in [3.05, 3.63) is 76.6 Å². The van der Waals surface area contributed by atoms with Crippen LogP contribution >= 0.6 is 11.6 Å². The van der Waals surface area contributed by atoms with E-state index in [1.807, 2.05) is 0 Å². The van der Waals surface area contributed by atoms with Crippen molar-refractivity contribution >= 4 is 17.2 Å². The Kier molecular flexibility index (Phi) is 4.43. The number of hydrogen-bond acceptors (Lipinski definition) is 1. The van der Waals surface area contributed by atoms with Crippen molar-refractivity contribution in [3.63, 3.8) is 0 Å². The SMILES string of the molecule is Fc1cccc(Cl)c1C1=CC2CCCC(C1)N2Cc1ccccc1. The van der Waals surface area contributed by atoms with E-state index in [2.05, 4.69) is 41.3 Å². The number of hydrogen-bond donors (Lipinski definition) is 0. The van der Waals surface area contributed by atoms with E-state index in [-0.39, 0.29) is 5.82 Å². The number of nitrogens with zero attached hydrogens (tertiary/aromatic N) is 1. The topological polar surface area (TPSA) is 3.24 Å². The molecule has 4 rings (SSSR count). The maximum atomic E-state index is 14.3. The first-order chi connectivity index (χ1) is 11.7. The van der Waals surface area contributed by atoms with Crippen LogP contribution in [-0.2, 0) is 6.54 Å². The van der Waals surface area contributed by atoms with Crippen LogP contribution in [0.3, 0.4) is 0 Å². The molecule has 2 aromatic rings. The van der Waals surface area contributed by atoms with Crippen LogP contribution in [-0.4, -0.2) is 17.0 Å². The van der Waals surface area contributed by atoms with Crippen LogP contribution in [0.4, 0.5) is 4.39 Å². The van der Waals surface area contributed by atoms with Crippen molar-refractivity contribution in [2.24, 2.45) is 0 Å². The van der Waals surface area contributed by atoms with Gasteiger partial charge in [-0.2, -0.15) is 0 Å². The van der Waals surface area contributed by atoms with Crippen molar-refractivity contribution in [2.45, 2.75) is 44.3 Å². The summed E-state index contributed by atoms with van der Waals surface area (Å²) in [5.41, 5.74) is 3.03. The number of benzene rings is 2. The zero-order valence-corrected chi connectivity index (χ0v) is 14.3. The van der Waals surface area contributed by atoms with E-state index in [1.165, 1.54) is 24.5 Å². The van der Waals surface area contributed by atoms with E-state index in [4.69, 9.17) is 11.6 Å². The van der Waals surface area contributed by atoms with Crippen molar-refractivity contribution in [1.29, 1.82) is 0 Å². The van der Waals surface area contributed by atoms with Crippen LogP contribution in [0.5, 0.6) is 0 Å². The van der Waals surface area contributed by atoms with Crippen molar-refractivity contribution < 1.29 is 4.39 Å². The predicted octanol–water partition coefficient (Wildman–Crippen LogP) is 5.69. The average molecular weight is 342 g/mol. The summed E-state index contributed by atoms with van der Waals surface area (Å²) in [6.07, 6.45) is 6.69. The van der Waals surface area contributed by atoms with Crippen LogP contribution in [0.2, 0.25) is 5.02 Å². The van der Waals surface area contributed by atoms with Crippen LogP contribution < -0.4 is 0 Å². The first-order valence-corrected chi connectivity index (χ1v) is 9.05. The number of piperidine rings is 1. The van der Waals surface area contributed by atoms with Crippen molar-refractivity contribution in [2.75, 3.05) is 0 Å². The lowest BCUT2D eigenvalue weighted by molar-refractivity contribution is 0.0950. The van der Waals surface area contributed by atoms with Gasteiger partial charge in [0, 0.05) is 24.2 Å². The van der Waals surface area contributed by atoms with Gasteiger partial charge in [0.2, 0.25) is 0 Å². The van der Waals surface area contributed by atoms with E-state index in [1.54, 1.807) is 12.1 Å². The first kappa shape index (κ1) is 15.9. The van der Waals surface area contributed by atoms with Crippen LogP contribution in [0.15, 0.2) is 54.6 Å². The molecule has 2 atom stereocenters. The fourth-order valence-corrected chi connectivity index (χ4v) is 4.43. The summed E-state index contributed by atoms with van der Waals surface area (Å²) >= 11 is 6.29. The molecule has 2 aliphatic heterocycles. The van der Waals surface area contributed by atoms with Crippen molar-refractivity contribution in [3.8, 4) is 0 Å². The molecule has 1 saturated heterocycles. The molecule has 1 nitrogen and oxygen atoms in total. The normalized spacial score (nSPS) is 23.8. The minimum absolute atomic E-state index is 0.205. The molecule has 24 heavy (non-hydrogen) atoms.